The lowest BCUT2D eigenvalue weighted by Gasteiger charge is -2.25. The number of hydrogen-bond donors (Lipinski definition) is 2. The lowest BCUT2D eigenvalue weighted by molar-refractivity contribution is 0.0797. The number of para-hydroxylation sites is 2. The topological polar surface area (TPSA) is 58.7 Å². The number of fused-ring (bicyclic) bond motifs is 1. The molecular weight excluding hydrogens is 492 g/mol. The number of nitrogens with zero attached hydrogens (tertiary/aromatic N) is 1. The maximum Gasteiger partial charge on any atom is 0.132 e. The fourth-order valence-corrected chi connectivity index (χ4v) is 5.20. The maximum absolute atomic E-state index is 10.7. The monoisotopic (exact) mass is 522 g/mol. The first kappa shape index (κ1) is 25.4. The van der Waals surface area contributed by atoms with E-state index in [1.165, 1.54) is 11.1 Å². The van der Waals surface area contributed by atoms with Crippen molar-refractivity contribution in [1.82, 2.24) is 0 Å². The van der Waals surface area contributed by atoms with E-state index in [2.05, 4.69) is 89.8 Å². The Labute approximate surface area is 234 Å². The lowest BCUT2D eigenvalue weighted by Crippen LogP contribution is -2.11. The first-order chi connectivity index (χ1) is 19.7. The molecule has 0 spiro atoms. The van der Waals surface area contributed by atoms with E-state index in [1.807, 2.05) is 54.6 Å². The first-order valence-corrected chi connectivity index (χ1v) is 13.3. The third kappa shape index (κ3) is 5.32. The highest BCUT2D eigenvalue weighted by molar-refractivity contribution is 5.85. The quantitative estimate of drug-likeness (QED) is 0.197. The van der Waals surface area contributed by atoms with Crippen LogP contribution in [0.2, 0.25) is 0 Å². The van der Waals surface area contributed by atoms with Crippen molar-refractivity contribution in [3.63, 3.8) is 0 Å². The predicted molar refractivity (Wildman–Crippen MR) is 163 cm³/mol. The van der Waals surface area contributed by atoms with Crippen molar-refractivity contribution in [1.29, 1.82) is 0 Å². The molecule has 0 saturated carbocycles. The number of hydrogen-bond acceptors (Lipinski definition) is 4. The van der Waals surface area contributed by atoms with Gasteiger partial charge in [-0.3, -0.25) is 4.84 Å². The molecule has 0 aliphatic carbocycles. The van der Waals surface area contributed by atoms with Gasteiger partial charge in [-0.1, -0.05) is 97.1 Å². The summed E-state index contributed by atoms with van der Waals surface area (Å²) in [5.41, 5.74) is 7.26. The average Bonchev–Trinajstić information content (AvgIpc) is 3.01. The highest BCUT2D eigenvalue weighted by Gasteiger charge is 2.19. The summed E-state index contributed by atoms with van der Waals surface area (Å²) in [4.78, 5) is 7.61. The molecule has 0 radical (unpaired) electrons. The van der Waals surface area contributed by atoms with Gasteiger partial charge < -0.3 is 10.0 Å². The number of aromatic hydroxyl groups is 1. The van der Waals surface area contributed by atoms with Crippen LogP contribution < -0.4 is 10.8 Å². The summed E-state index contributed by atoms with van der Waals surface area (Å²) in [6.07, 6.45) is 0.229. The largest absolute Gasteiger partial charge is 0.508 e. The van der Waals surface area contributed by atoms with Crippen molar-refractivity contribution >= 4 is 27.8 Å². The van der Waals surface area contributed by atoms with Crippen LogP contribution in [-0.4, -0.2) is 5.11 Å². The summed E-state index contributed by atoms with van der Waals surface area (Å²) in [7, 11) is 0. The van der Waals surface area contributed by atoms with E-state index in [1.54, 1.807) is 6.07 Å². The molecule has 0 fully saturated rings. The Morgan fingerprint density at radius 2 is 1.05 bits per heavy atom. The Morgan fingerprint density at radius 3 is 1.60 bits per heavy atom. The Balaban J connectivity index is 1.21. The van der Waals surface area contributed by atoms with Crippen LogP contribution in [0.25, 0.3) is 10.8 Å². The molecule has 0 amide bonds. The van der Waals surface area contributed by atoms with E-state index in [0.29, 0.717) is 5.56 Å². The number of phenolic OH excluding ortho intramolecular Hbond substituents is 1. The van der Waals surface area contributed by atoms with Gasteiger partial charge in [0.15, 0.2) is 0 Å². The molecule has 6 rings (SSSR count). The standard InChI is InChI=1S/C36H30N2O2/c37-40-36(34-24-29-9-7-8-10-30(29)25-35(34)39)28-19-15-26(16-20-28)23-27-17-21-33(22-18-27)38(31-11-3-1-4-12-31)32-13-5-2-6-14-32/h1-22,24-25,36,39H,23,37H2. The SMILES string of the molecule is NOC(c1ccc(Cc2ccc(N(c3ccccc3)c3ccccc3)cc2)cc1)c1cc2ccccc2cc1O. The van der Waals surface area contributed by atoms with Crippen molar-refractivity contribution in [3.8, 4) is 5.75 Å². The van der Waals surface area contributed by atoms with Gasteiger partial charge in [-0.05, 0) is 82.4 Å². The van der Waals surface area contributed by atoms with Crippen molar-refractivity contribution in [2.75, 3.05) is 4.90 Å². The Morgan fingerprint density at radius 1 is 0.575 bits per heavy atom. The third-order valence-corrected chi connectivity index (χ3v) is 7.23. The number of benzene rings is 6. The number of rotatable bonds is 8. The van der Waals surface area contributed by atoms with E-state index < -0.39 is 6.10 Å². The Hall–Kier alpha value is -4.90. The fraction of sp³-hybridized carbons (Fsp3) is 0.0556. The van der Waals surface area contributed by atoms with Gasteiger partial charge in [-0.2, -0.15) is 0 Å². The second-order valence-corrected chi connectivity index (χ2v) is 9.87. The molecule has 4 nitrogen and oxygen atoms in total. The summed E-state index contributed by atoms with van der Waals surface area (Å²) < 4.78 is 0. The van der Waals surface area contributed by atoms with E-state index >= 15 is 0 Å². The molecule has 4 heteroatoms. The van der Waals surface area contributed by atoms with Crippen LogP contribution in [-0.2, 0) is 11.3 Å². The van der Waals surface area contributed by atoms with Gasteiger partial charge in [0.25, 0.3) is 0 Å². The van der Waals surface area contributed by atoms with Crippen molar-refractivity contribution in [3.05, 3.63) is 168 Å². The highest BCUT2D eigenvalue weighted by Crippen LogP contribution is 2.36. The van der Waals surface area contributed by atoms with Gasteiger partial charge >= 0.3 is 0 Å². The predicted octanol–water partition coefficient (Wildman–Crippen LogP) is 8.59. The minimum absolute atomic E-state index is 0.165. The van der Waals surface area contributed by atoms with Gasteiger partial charge in [0.05, 0.1) is 0 Å². The van der Waals surface area contributed by atoms with Gasteiger partial charge in [0.2, 0.25) is 0 Å². The lowest BCUT2D eigenvalue weighted by atomic mass is 9.95. The second-order valence-electron chi connectivity index (χ2n) is 9.87. The van der Waals surface area contributed by atoms with E-state index in [9.17, 15) is 5.11 Å². The van der Waals surface area contributed by atoms with Crippen LogP contribution in [0.15, 0.2) is 146 Å². The van der Waals surface area contributed by atoms with Crippen molar-refractivity contribution < 1.29 is 9.94 Å². The minimum Gasteiger partial charge on any atom is -0.508 e. The number of phenols is 1. The summed E-state index contributed by atoms with van der Waals surface area (Å²) >= 11 is 0. The van der Waals surface area contributed by atoms with Crippen LogP contribution in [0, 0.1) is 0 Å². The zero-order valence-electron chi connectivity index (χ0n) is 22.0. The van der Waals surface area contributed by atoms with Gasteiger partial charge in [0.1, 0.15) is 11.9 Å². The van der Waals surface area contributed by atoms with E-state index in [0.717, 1.165) is 39.8 Å². The number of anilines is 3. The zero-order chi connectivity index (χ0) is 27.3. The van der Waals surface area contributed by atoms with Gasteiger partial charge in [-0.15, -0.1) is 0 Å². The number of nitrogens with two attached hydrogens (primary N) is 1. The van der Waals surface area contributed by atoms with Crippen molar-refractivity contribution in [2.45, 2.75) is 12.5 Å². The molecule has 1 unspecified atom stereocenters. The third-order valence-electron chi connectivity index (χ3n) is 7.23. The van der Waals surface area contributed by atoms with Gasteiger partial charge in [-0.25, -0.2) is 5.90 Å². The van der Waals surface area contributed by atoms with Gasteiger partial charge in [0, 0.05) is 22.6 Å². The molecule has 0 saturated heterocycles. The van der Waals surface area contributed by atoms with Crippen LogP contribution >= 0.6 is 0 Å². The molecule has 6 aromatic carbocycles. The highest BCUT2D eigenvalue weighted by atomic mass is 16.6. The molecule has 40 heavy (non-hydrogen) atoms. The van der Waals surface area contributed by atoms with Crippen LogP contribution in [0.3, 0.4) is 0 Å². The molecule has 3 N–H and O–H groups in total. The Bertz CT molecular complexity index is 1660. The summed E-state index contributed by atoms with van der Waals surface area (Å²) in [6.45, 7) is 0. The van der Waals surface area contributed by atoms with E-state index in [-0.39, 0.29) is 5.75 Å². The minimum atomic E-state index is -0.570. The van der Waals surface area contributed by atoms with Crippen molar-refractivity contribution in [2.24, 2.45) is 5.90 Å². The zero-order valence-corrected chi connectivity index (χ0v) is 22.0. The summed E-state index contributed by atoms with van der Waals surface area (Å²) in [5.74, 6) is 5.88. The summed E-state index contributed by atoms with van der Waals surface area (Å²) in [5, 5.41) is 12.7. The molecule has 0 aliphatic rings. The first-order valence-electron chi connectivity index (χ1n) is 13.3. The smallest absolute Gasteiger partial charge is 0.132 e. The average molecular weight is 523 g/mol. The fourth-order valence-electron chi connectivity index (χ4n) is 5.20. The van der Waals surface area contributed by atoms with Crippen LogP contribution in [0.1, 0.15) is 28.4 Å². The molecular formula is C36H30N2O2. The molecule has 0 bridgehead atoms. The molecule has 6 aromatic rings. The maximum atomic E-state index is 10.7. The second kappa shape index (κ2) is 11.5. The molecule has 0 heterocycles. The van der Waals surface area contributed by atoms with Crippen LogP contribution in [0.5, 0.6) is 5.75 Å². The molecule has 0 aliphatic heterocycles. The normalized spacial score (nSPS) is 11.8. The summed E-state index contributed by atoms with van der Waals surface area (Å²) in [6, 6.07) is 49.3. The van der Waals surface area contributed by atoms with E-state index in [4.69, 9.17) is 10.7 Å². The molecule has 0 aromatic heterocycles. The molecule has 1 atom stereocenters. The Kier molecular flexibility index (Phi) is 7.27. The molecule has 196 valence electrons. The van der Waals surface area contributed by atoms with Crippen LogP contribution in [0.4, 0.5) is 17.1 Å².